The van der Waals surface area contributed by atoms with E-state index in [-0.39, 0.29) is 11.9 Å². The zero-order valence-electron chi connectivity index (χ0n) is 12.8. The summed E-state index contributed by atoms with van der Waals surface area (Å²) in [5.41, 5.74) is 1.64. The summed E-state index contributed by atoms with van der Waals surface area (Å²) < 4.78 is 10.7. The van der Waals surface area contributed by atoms with Crippen LogP contribution in [0.1, 0.15) is 22.8 Å². The number of carbonyl (C=O) groups excluding carboxylic acids is 1. The first-order valence-electron chi connectivity index (χ1n) is 7.10. The Kier molecular flexibility index (Phi) is 5.91. The van der Waals surface area contributed by atoms with Gasteiger partial charge in [0.05, 0.1) is 6.61 Å². The molecular formula is C17H20N2O3. The summed E-state index contributed by atoms with van der Waals surface area (Å²) in [4.78, 5) is 16.0. The Balaban J connectivity index is 1.88. The maximum absolute atomic E-state index is 12.0. The van der Waals surface area contributed by atoms with Crippen LogP contribution >= 0.6 is 0 Å². The Morgan fingerprint density at radius 3 is 2.50 bits per heavy atom. The van der Waals surface area contributed by atoms with Crippen LogP contribution in [0.5, 0.6) is 5.75 Å². The van der Waals surface area contributed by atoms with E-state index in [0.717, 1.165) is 11.3 Å². The molecule has 0 fully saturated rings. The molecule has 22 heavy (non-hydrogen) atoms. The highest BCUT2D eigenvalue weighted by atomic mass is 16.5. The zero-order valence-corrected chi connectivity index (χ0v) is 12.8. The number of benzene rings is 1. The van der Waals surface area contributed by atoms with Crippen LogP contribution in [0.4, 0.5) is 0 Å². The molecule has 5 nitrogen and oxygen atoms in total. The van der Waals surface area contributed by atoms with Crippen molar-refractivity contribution in [3.63, 3.8) is 0 Å². The monoisotopic (exact) mass is 300 g/mol. The molecule has 0 saturated carbocycles. The van der Waals surface area contributed by atoms with Crippen molar-refractivity contribution in [1.82, 2.24) is 10.3 Å². The summed E-state index contributed by atoms with van der Waals surface area (Å²) in [5.74, 6) is 0.600. The molecule has 1 N–H and O–H groups in total. The number of amides is 1. The molecule has 0 spiro atoms. The number of pyridine rings is 1. The molecule has 0 aliphatic rings. The van der Waals surface area contributed by atoms with Crippen molar-refractivity contribution in [2.45, 2.75) is 19.6 Å². The van der Waals surface area contributed by atoms with E-state index in [1.165, 1.54) is 0 Å². The molecule has 1 heterocycles. The molecule has 5 heteroatoms. The first-order valence-corrected chi connectivity index (χ1v) is 7.10. The Morgan fingerprint density at radius 1 is 1.18 bits per heavy atom. The van der Waals surface area contributed by atoms with E-state index in [1.807, 2.05) is 19.1 Å². The quantitative estimate of drug-likeness (QED) is 0.853. The van der Waals surface area contributed by atoms with Crippen LogP contribution in [0.25, 0.3) is 0 Å². The van der Waals surface area contributed by atoms with Crippen molar-refractivity contribution in [3.05, 3.63) is 59.9 Å². The van der Waals surface area contributed by atoms with Crippen LogP contribution in [0.15, 0.2) is 48.8 Å². The van der Waals surface area contributed by atoms with Gasteiger partial charge in [-0.2, -0.15) is 0 Å². The van der Waals surface area contributed by atoms with Gasteiger partial charge in [-0.15, -0.1) is 0 Å². The number of ether oxygens (including phenoxy) is 2. The normalized spacial score (nSPS) is 11.7. The number of hydrogen-bond donors (Lipinski definition) is 1. The van der Waals surface area contributed by atoms with E-state index in [4.69, 9.17) is 9.47 Å². The maximum Gasteiger partial charge on any atom is 0.251 e. The van der Waals surface area contributed by atoms with Gasteiger partial charge < -0.3 is 14.8 Å². The van der Waals surface area contributed by atoms with Crippen molar-refractivity contribution in [2.75, 3.05) is 13.7 Å². The summed E-state index contributed by atoms with van der Waals surface area (Å²) in [5, 5.41) is 2.86. The fraction of sp³-hybridized carbons (Fsp3) is 0.294. The third-order valence-corrected chi connectivity index (χ3v) is 3.07. The SMILES string of the molecule is COCC(C)NC(=O)c1ccc(OCc2ccncc2)cc1. The molecule has 1 atom stereocenters. The van der Waals surface area contributed by atoms with Gasteiger partial charge >= 0.3 is 0 Å². The van der Waals surface area contributed by atoms with Crippen molar-refractivity contribution < 1.29 is 14.3 Å². The highest BCUT2D eigenvalue weighted by Gasteiger charge is 2.09. The summed E-state index contributed by atoms with van der Waals surface area (Å²) in [7, 11) is 1.61. The lowest BCUT2D eigenvalue weighted by Gasteiger charge is -2.13. The van der Waals surface area contributed by atoms with Gasteiger partial charge in [-0.25, -0.2) is 0 Å². The first kappa shape index (κ1) is 16.0. The summed E-state index contributed by atoms with van der Waals surface area (Å²) in [6, 6.07) is 10.8. The van der Waals surface area contributed by atoms with E-state index >= 15 is 0 Å². The maximum atomic E-state index is 12.0. The number of methoxy groups -OCH3 is 1. The number of nitrogens with one attached hydrogen (secondary N) is 1. The second-order valence-electron chi connectivity index (χ2n) is 5.00. The second-order valence-corrected chi connectivity index (χ2v) is 5.00. The number of nitrogens with zero attached hydrogens (tertiary/aromatic N) is 1. The molecule has 1 aromatic heterocycles. The van der Waals surface area contributed by atoms with Gasteiger partial charge in [-0.05, 0) is 48.9 Å². The fourth-order valence-electron chi connectivity index (χ4n) is 1.95. The molecule has 1 amide bonds. The zero-order chi connectivity index (χ0) is 15.8. The third-order valence-electron chi connectivity index (χ3n) is 3.07. The Hall–Kier alpha value is -2.40. The Morgan fingerprint density at radius 2 is 1.86 bits per heavy atom. The Bertz CT molecular complexity index is 585. The molecule has 0 aliphatic carbocycles. The lowest BCUT2D eigenvalue weighted by atomic mass is 10.2. The van der Waals surface area contributed by atoms with Crippen LogP contribution in [0.2, 0.25) is 0 Å². The van der Waals surface area contributed by atoms with Gasteiger partial charge in [-0.3, -0.25) is 9.78 Å². The van der Waals surface area contributed by atoms with Gasteiger partial charge in [-0.1, -0.05) is 0 Å². The number of carbonyl (C=O) groups is 1. The van der Waals surface area contributed by atoms with Gasteiger partial charge in [0.15, 0.2) is 0 Å². The topological polar surface area (TPSA) is 60.5 Å². The lowest BCUT2D eigenvalue weighted by Crippen LogP contribution is -2.35. The van der Waals surface area contributed by atoms with E-state index in [0.29, 0.717) is 18.8 Å². The van der Waals surface area contributed by atoms with Crippen molar-refractivity contribution >= 4 is 5.91 Å². The molecular weight excluding hydrogens is 280 g/mol. The smallest absolute Gasteiger partial charge is 0.251 e. The molecule has 0 saturated heterocycles. The molecule has 116 valence electrons. The van der Waals surface area contributed by atoms with Gasteiger partial charge in [0, 0.05) is 31.1 Å². The third kappa shape index (κ3) is 4.86. The number of aromatic nitrogens is 1. The molecule has 0 aliphatic heterocycles. The van der Waals surface area contributed by atoms with Crippen molar-refractivity contribution in [3.8, 4) is 5.75 Å². The molecule has 0 radical (unpaired) electrons. The Labute approximate surface area is 130 Å². The molecule has 2 aromatic rings. The minimum absolute atomic E-state index is 0.0277. The van der Waals surface area contributed by atoms with E-state index in [9.17, 15) is 4.79 Å². The minimum Gasteiger partial charge on any atom is -0.489 e. The first-order chi connectivity index (χ1) is 10.7. The van der Waals surface area contributed by atoms with E-state index < -0.39 is 0 Å². The summed E-state index contributed by atoms with van der Waals surface area (Å²) >= 11 is 0. The average Bonchev–Trinajstić information content (AvgIpc) is 2.54. The van der Waals surface area contributed by atoms with Gasteiger partial charge in [0.2, 0.25) is 0 Å². The van der Waals surface area contributed by atoms with Crippen LogP contribution in [0, 0.1) is 0 Å². The number of rotatable bonds is 7. The fourth-order valence-corrected chi connectivity index (χ4v) is 1.95. The molecule has 0 bridgehead atoms. The molecule has 1 unspecified atom stereocenters. The van der Waals surface area contributed by atoms with Crippen molar-refractivity contribution in [2.24, 2.45) is 0 Å². The predicted molar refractivity (Wildman–Crippen MR) is 83.8 cm³/mol. The van der Waals surface area contributed by atoms with E-state index in [2.05, 4.69) is 10.3 Å². The second kappa shape index (κ2) is 8.14. The highest BCUT2D eigenvalue weighted by Crippen LogP contribution is 2.14. The predicted octanol–water partition coefficient (Wildman–Crippen LogP) is 2.43. The average molecular weight is 300 g/mol. The minimum atomic E-state index is -0.120. The summed E-state index contributed by atoms with van der Waals surface area (Å²) in [6.07, 6.45) is 3.46. The van der Waals surface area contributed by atoms with Crippen LogP contribution in [-0.2, 0) is 11.3 Å². The largest absolute Gasteiger partial charge is 0.489 e. The molecule has 1 aromatic carbocycles. The van der Waals surface area contributed by atoms with Crippen molar-refractivity contribution in [1.29, 1.82) is 0 Å². The molecule has 2 rings (SSSR count). The summed E-state index contributed by atoms with van der Waals surface area (Å²) in [6.45, 7) is 2.85. The highest BCUT2D eigenvalue weighted by molar-refractivity contribution is 5.94. The van der Waals surface area contributed by atoms with Crippen LogP contribution in [0.3, 0.4) is 0 Å². The lowest BCUT2D eigenvalue weighted by molar-refractivity contribution is 0.0905. The van der Waals surface area contributed by atoms with E-state index in [1.54, 1.807) is 43.8 Å². The van der Waals surface area contributed by atoms with Gasteiger partial charge in [0.25, 0.3) is 5.91 Å². The van der Waals surface area contributed by atoms with Crippen LogP contribution in [-0.4, -0.2) is 30.6 Å². The van der Waals surface area contributed by atoms with Gasteiger partial charge in [0.1, 0.15) is 12.4 Å². The number of hydrogen-bond acceptors (Lipinski definition) is 4. The standard InChI is InChI=1S/C17H20N2O3/c1-13(11-21-2)19-17(20)15-3-5-16(6-4-15)22-12-14-7-9-18-10-8-14/h3-10,13H,11-12H2,1-2H3,(H,19,20). The van der Waals surface area contributed by atoms with Crippen LogP contribution < -0.4 is 10.1 Å².